The summed E-state index contributed by atoms with van der Waals surface area (Å²) in [7, 11) is 0. The van der Waals surface area contributed by atoms with E-state index in [-0.39, 0.29) is 6.03 Å². The molecule has 22 heavy (non-hydrogen) atoms. The Hall–Kier alpha value is -2.36. The van der Waals surface area contributed by atoms with Crippen molar-refractivity contribution in [3.63, 3.8) is 0 Å². The Morgan fingerprint density at radius 3 is 2.82 bits per heavy atom. The quantitative estimate of drug-likeness (QED) is 0.879. The fourth-order valence-corrected chi connectivity index (χ4v) is 2.95. The zero-order chi connectivity index (χ0) is 15.2. The van der Waals surface area contributed by atoms with Gasteiger partial charge in [-0.3, -0.25) is 4.98 Å². The molecule has 2 N–H and O–H groups in total. The van der Waals surface area contributed by atoms with Gasteiger partial charge in [0.15, 0.2) is 0 Å². The second-order valence-corrected chi connectivity index (χ2v) is 5.74. The van der Waals surface area contributed by atoms with Crippen LogP contribution in [0.2, 0.25) is 0 Å². The van der Waals surface area contributed by atoms with E-state index >= 15 is 0 Å². The highest BCUT2D eigenvalue weighted by atomic mass is 16.2. The van der Waals surface area contributed by atoms with E-state index in [9.17, 15) is 4.79 Å². The third-order valence-corrected chi connectivity index (χ3v) is 4.11. The SMILES string of the molecule is O=C(N/C=C/C1CCCCC1)Nc1cccc2cccnc12. The number of rotatable bonds is 3. The molecule has 3 rings (SSSR count). The van der Waals surface area contributed by atoms with Crippen molar-refractivity contribution in [2.45, 2.75) is 32.1 Å². The van der Waals surface area contributed by atoms with Gasteiger partial charge >= 0.3 is 6.03 Å². The summed E-state index contributed by atoms with van der Waals surface area (Å²) in [4.78, 5) is 16.3. The maximum atomic E-state index is 12.0. The summed E-state index contributed by atoms with van der Waals surface area (Å²) in [5.74, 6) is 0.605. The number of hydrogen-bond acceptors (Lipinski definition) is 2. The minimum Gasteiger partial charge on any atom is -0.315 e. The van der Waals surface area contributed by atoms with E-state index in [1.807, 2.05) is 30.3 Å². The molecule has 2 amide bonds. The molecule has 1 aliphatic carbocycles. The Kier molecular flexibility index (Phi) is 4.68. The van der Waals surface area contributed by atoms with E-state index in [4.69, 9.17) is 0 Å². The second-order valence-electron chi connectivity index (χ2n) is 5.74. The molecule has 1 saturated carbocycles. The minimum atomic E-state index is -0.231. The molecule has 0 spiro atoms. The van der Waals surface area contributed by atoms with Crippen LogP contribution in [0.4, 0.5) is 10.5 Å². The zero-order valence-electron chi connectivity index (χ0n) is 12.6. The largest absolute Gasteiger partial charge is 0.323 e. The van der Waals surface area contributed by atoms with Gasteiger partial charge in [-0.25, -0.2) is 4.79 Å². The summed E-state index contributed by atoms with van der Waals surface area (Å²) in [5.41, 5.74) is 1.53. The van der Waals surface area contributed by atoms with E-state index < -0.39 is 0 Å². The van der Waals surface area contributed by atoms with Crippen LogP contribution in [-0.4, -0.2) is 11.0 Å². The number of carbonyl (C=O) groups is 1. The van der Waals surface area contributed by atoms with Gasteiger partial charge in [0, 0.05) is 17.8 Å². The van der Waals surface area contributed by atoms with Gasteiger partial charge in [-0.15, -0.1) is 0 Å². The van der Waals surface area contributed by atoms with Crippen LogP contribution in [0.5, 0.6) is 0 Å². The molecular formula is C18H21N3O. The number of fused-ring (bicyclic) bond motifs is 1. The fraction of sp³-hybridized carbons (Fsp3) is 0.333. The molecule has 0 unspecified atom stereocenters. The highest BCUT2D eigenvalue weighted by Crippen LogP contribution is 2.24. The molecule has 0 saturated heterocycles. The average Bonchev–Trinajstić information content (AvgIpc) is 2.56. The molecule has 114 valence electrons. The van der Waals surface area contributed by atoms with E-state index in [0.29, 0.717) is 5.92 Å². The predicted octanol–water partition coefficient (Wildman–Crippen LogP) is 4.45. The lowest BCUT2D eigenvalue weighted by molar-refractivity contribution is 0.255. The van der Waals surface area contributed by atoms with Gasteiger partial charge < -0.3 is 10.6 Å². The van der Waals surface area contributed by atoms with Gasteiger partial charge in [0.05, 0.1) is 11.2 Å². The highest BCUT2D eigenvalue weighted by molar-refractivity contribution is 5.99. The van der Waals surface area contributed by atoms with Crippen molar-refractivity contribution < 1.29 is 4.79 Å². The van der Waals surface area contributed by atoms with Crippen molar-refractivity contribution in [3.8, 4) is 0 Å². The Morgan fingerprint density at radius 1 is 1.14 bits per heavy atom. The number of aromatic nitrogens is 1. The zero-order valence-corrected chi connectivity index (χ0v) is 12.6. The molecular weight excluding hydrogens is 274 g/mol. The monoisotopic (exact) mass is 295 g/mol. The molecule has 0 radical (unpaired) electrons. The fourth-order valence-electron chi connectivity index (χ4n) is 2.95. The van der Waals surface area contributed by atoms with Crippen molar-refractivity contribution in [1.82, 2.24) is 10.3 Å². The standard InChI is InChI=1S/C18H21N3O/c22-18(20-13-11-14-6-2-1-3-7-14)21-16-10-4-8-15-9-5-12-19-17(15)16/h4-5,8-14H,1-3,6-7H2,(H2,20,21,22)/b13-11+. The summed E-state index contributed by atoms with van der Waals surface area (Å²) in [6.07, 6.45) is 12.0. The van der Waals surface area contributed by atoms with E-state index in [2.05, 4.69) is 21.7 Å². The maximum Gasteiger partial charge on any atom is 0.323 e. The number of benzene rings is 1. The van der Waals surface area contributed by atoms with Gasteiger partial charge in [0.1, 0.15) is 0 Å². The molecule has 1 fully saturated rings. The van der Waals surface area contributed by atoms with Crippen molar-refractivity contribution in [2.24, 2.45) is 5.92 Å². The Morgan fingerprint density at radius 2 is 1.95 bits per heavy atom. The molecule has 0 bridgehead atoms. The average molecular weight is 295 g/mol. The van der Waals surface area contributed by atoms with Crippen molar-refractivity contribution in [3.05, 3.63) is 48.8 Å². The molecule has 0 atom stereocenters. The van der Waals surface area contributed by atoms with Crippen LogP contribution in [0.25, 0.3) is 10.9 Å². The van der Waals surface area contributed by atoms with Crippen LogP contribution in [0.3, 0.4) is 0 Å². The lowest BCUT2D eigenvalue weighted by Gasteiger charge is -2.17. The van der Waals surface area contributed by atoms with Gasteiger partial charge in [-0.2, -0.15) is 0 Å². The number of nitrogens with one attached hydrogen (secondary N) is 2. The molecule has 1 aliphatic rings. The van der Waals surface area contributed by atoms with Gasteiger partial charge in [-0.1, -0.05) is 43.5 Å². The lowest BCUT2D eigenvalue weighted by Crippen LogP contribution is -2.24. The van der Waals surface area contributed by atoms with Gasteiger partial charge in [0.25, 0.3) is 0 Å². The van der Waals surface area contributed by atoms with Crippen LogP contribution >= 0.6 is 0 Å². The topological polar surface area (TPSA) is 54.0 Å². The molecule has 4 nitrogen and oxygen atoms in total. The number of allylic oxidation sites excluding steroid dienone is 1. The van der Waals surface area contributed by atoms with Crippen LogP contribution in [0, 0.1) is 5.92 Å². The summed E-state index contributed by atoms with van der Waals surface area (Å²) in [6, 6.07) is 9.39. The normalized spacial score (nSPS) is 16.0. The smallest absolute Gasteiger partial charge is 0.315 e. The van der Waals surface area contributed by atoms with Crippen molar-refractivity contribution in [2.75, 3.05) is 5.32 Å². The molecule has 0 aliphatic heterocycles. The van der Waals surface area contributed by atoms with Crippen molar-refractivity contribution in [1.29, 1.82) is 0 Å². The van der Waals surface area contributed by atoms with Gasteiger partial charge in [0.2, 0.25) is 0 Å². The highest BCUT2D eigenvalue weighted by Gasteiger charge is 2.10. The Bertz CT molecular complexity index is 670. The molecule has 4 heteroatoms. The molecule has 1 heterocycles. The summed E-state index contributed by atoms with van der Waals surface area (Å²) in [5, 5.41) is 6.66. The van der Waals surface area contributed by atoms with E-state index in [1.165, 1.54) is 32.1 Å². The molecule has 1 aromatic carbocycles. The first kappa shape index (κ1) is 14.6. The number of urea groups is 1. The van der Waals surface area contributed by atoms with E-state index in [1.54, 1.807) is 12.4 Å². The molecule has 2 aromatic rings. The maximum absolute atomic E-state index is 12.0. The lowest BCUT2D eigenvalue weighted by atomic mass is 9.89. The van der Waals surface area contributed by atoms with Crippen LogP contribution < -0.4 is 10.6 Å². The minimum absolute atomic E-state index is 0.231. The molecule has 1 aromatic heterocycles. The van der Waals surface area contributed by atoms with Crippen LogP contribution in [0.15, 0.2) is 48.8 Å². The summed E-state index contributed by atoms with van der Waals surface area (Å²) >= 11 is 0. The first-order valence-electron chi connectivity index (χ1n) is 7.91. The third-order valence-electron chi connectivity index (χ3n) is 4.11. The van der Waals surface area contributed by atoms with Crippen LogP contribution in [0.1, 0.15) is 32.1 Å². The Balaban J connectivity index is 1.60. The third kappa shape index (κ3) is 3.64. The number of para-hydroxylation sites is 1. The van der Waals surface area contributed by atoms with Crippen LogP contribution in [-0.2, 0) is 0 Å². The Labute approximate surface area is 130 Å². The summed E-state index contributed by atoms with van der Waals surface area (Å²) in [6.45, 7) is 0. The number of carbonyl (C=O) groups excluding carboxylic acids is 1. The van der Waals surface area contributed by atoms with Gasteiger partial charge in [-0.05, 0) is 30.9 Å². The first-order valence-corrected chi connectivity index (χ1v) is 7.91. The van der Waals surface area contributed by atoms with Crippen molar-refractivity contribution >= 4 is 22.6 Å². The predicted molar refractivity (Wildman–Crippen MR) is 89.6 cm³/mol. The van der Waals surface area contributed by atoms with E-state index in [0.717, 1.165) is 16.6 Å². The number of nitrogens with zero attached hydrogens (tertiary/aromatic N) is 1. The number of anilines is 1. The number of amides is 2. The second kappa shape index (κ2) is 7.07. The number of pyridine rings is 1. The number of hydrogen-bond donors (Lipinski definition) is 2. The first-order chi connectivity index (χ1) is 10.8. The summed E-state index contributed by atoms with van der Waals surface area (Å²) < 4.78 is 0.